The van der Waals surface area contributed by atoms with Crippen molar-refractivity contribution in [3.05, 3.63) is 52.7 Å². The molecule has 2 aromatic rings. The molecule has 1 heterocycles. The van der Waals surface area contributed by atoms with Crippen LogP contribution in [0.3, 0.4) is 0 Å². The number of oxazole rings is 1. The van der Waals surface area contributed by atoms with E-state index in [1.807, 2.05) is 38.1 Å². The van der Waals surface area contributed by atoms with Gasteiger partial charge in [0.05, 0.1) is 12.1 Å². The number of carbonyl (C=O) groups is 1. The summed E-state index contributed by atoms with van der Waals surface area (Å²) in [6.45, 7) is 10.9. The normalized spacial score (nSPS) is 11.5. The maximum absolute atomic E-state index is 12.0. The van der Waals surface area contributed by atoms with Crippen LogP contribution in [0.25, 0.3) is 0 Å². The first-order valence-corrected chi connectivity index (χ1v) is 8.55. The predicted octanol–water partition coefficient (Wildman–Crippen LogP) is 3.88. The van der Waals surface area contributed by atoms with Crippen LogP contribution in [0.5, 0.6) is 0 Å². The van der Waals surface area contributed by atoms with Crippen LogP contribution in [-0.4, -0.2) is 17.4 Å². The van der Waals surface area contributed by atoms with Crippen LogP contribution in [0.4, 0.5) is 0 Å². The standard InChI is InChI=1S/C20H28N2O2/c1-14-8-6-9-16(12-14)13-18(23)21-11-7-10-17-15(2)22-19(24-17)20(3,4)5/h6,8-9,12H,7,10-11,13H2,1-5H3,(H,21,23). The lowest BCUT2D eigenvalue weighted by Crippen LogP contribution is -2.26. The van der Waals surface area contributed by atoms with Gasteiger partial charge in [-0.1, -0.05) is 50.6 Å². The summed E-state index contributed by atoms with van der Waals surface area (Å²) in [6, 6.07) is 8.05. The minimum atomic E-state index is -0.0783. The van der Waals surface area contributed by atoms with Crippen LogP contribution in [0.15, 0.2) is 28.7 Å². The Balaban J connectivity index is 1.77. The van der Waals surface area contributed by atoms with Gasteiger partial charge in [-0.3, -0.25) is 4.79 Å². The number of carbonyl (C=O) groups excluding carboxylic acids is 1. The largest absolute Gasteiger partial charge is 0.445 e. The Bertz CT molecular complexity index is 696. The zero-order chi connectivity index (χ0) is 17.7. The Labute approximate surface area is 144 Å². The summed E-state index contributed by atoms with van der Waals surface area (Å²) in [4.78, 5) is 16.5. The molecule has 0 saturated carbocycles. The molecule has 4 heteroatoms. The van der Waals surface area contributed by atoms with Crippen LogP contribution in [-0.2, 0) is 23.1 Å². The fraction of sp³-hybridized carbons (Fsp3) is 0.500. The molecule has 0 aliphatic heterocycles. The lowest BCUT2D eigenvalue weighted by atomic mass is 9.97. The van der Waals surface area contributed by atoms with E-state index in [4.69, 9.17) is 4.42 Å². The number of hydrogen-bond acceptors (Lipinski definition) is 3. The molecule has 2 rings (SSSR count). The van der Waals surface area contributed by atoms with E-state index in [1.54, 1.807) is 0 Å². The molecule has 0 aliphatic rings. The van der Waals surface area contributed by atoms with E-state index in [-0.39, 0.29) is 11.3 Å². The molecule has 0 aliphatic carbocycles. The first-order valence-electron chi connectivity index (χ1n) is 8.55. The van der Waals surface area contributed by atoms with Crippen molar-refractivity contribution in [2.45, 2.75) is 59.3 Å². The zero-order valence-electron chi connectivity index (χ0n) is 15.4. The summed E-state index contributed by atoms with van der Waals surface area (Å²) in [5.74, 6) is 1.76. The molecule has 0 unspecified atom stereocenters. The number of nitrogens with zero attached hydrogens (tertiary/aromatic N) is 1. The summed E-state index contributed by atoms with van der Waals surface area (Å²) in [6.07, 6.45) is 2.07. The lowest BCUT2D eigenvalue weighted by Gasteiger charge is -2.12. The van der Waals surface area contributed by atoms with E-state index >= 15 is 0 Å². The van der Waals surface area contributed by atoms with E-state index in [9.17, 15) is 4.79 Å². The number of amides is 1. The first-order chi connectivity index (χ1) is 11.3. The van der Waals surface area contributed by atoms with Gasteiger partial charge in [0.15, 0.2) is 5.89 Å². The van der Waals surface area contributed by atoms with Gasteiger partial charge < -0.3 is 9.73 Å². The summed E-state index contributed by atoms with van der Waals surface area (Å²) < 4.78 is 5.87. The highest BCUT2D eigenvalue weighted by atomic mass is 16.4. The van der Waals surface area contributed by atoms with Crippen molar-refractivity contribution in [2.75, 3.05) is 6.54 Å². The summed E-state index contributed by atoms with van der Waals surface area (Å²) in [5, 5.41) is 2.98. The third-order valence-corrected chi connectivity index (χ3v) is 3.88. The van der Waals surface area contributed by atoms with Crippen LogP contribution < -0.4 is 5.32 Å². The van der Waals surface area contributed by atoms with Gasteiger partial charge in [-0.25, -0.2) is 4.98 Å². The summed E-state index contributed by atoms with van der Waals surface area (Å²) >= 11 is 0. The molecule has 0 saturated heterocycles. The van der Waals surface area contributed by atoms with E-state index in [0.29, 0.717) is 13.0 Å². The van der Waals surface area contributed by atoms with Crippen molar-refractivity contribution < 1.29 is 9.21 Å². The van der Waals surface area contributed by atoms with Gasteiger partial charge in [0, 0.05) is 18.4 Å². The molecule has 1 amide bonds. The maximum atomic E-state index is 12.0. The van der Waals surface area contributed by atoms with Crippen molar-refractivity contribution in [1.82, 2.24) is 10.3 Å². The zero-order valence-corrected chi connectivity index (χ0v) is 15.4. The minimum Gasteiger partial charge on any atom is -0.445 e. The molecule has 0 atom stereocenters. The second-order valence-electron chi connectivity index (χ2n) is 7.40. The number of aromatic nitrogens is 1. The average Bonchev–Trinajstić information content (AvgIpc) is 2.85. The molecular weight excluding hydrogens is 300 g/mol. The lowest BCUT2D eigenvalue weighted by molar-refractivity contribution is -0.120. The highest BCUT2D eigenvalue weighted by Gasteiger charge is 2.21. The van der Waals surface area contributed by atoms with Gasteiger partial charge in [-0.15, -0.1) is 0 Å². The SMILES string of the molecule is Cc1cccc(CC(=O)NCCCc2oc(C(C)(C)C)nc2C)c1. The Morgan fingerprint density at radius 1 is 1.25 bits per heavy atom. The van der Waals surface area contributed by atoms with Crippen molar-refractivity contribution in [1.29, 1.82) is 0 Å². The van der Waals surface area contributed by atoms with Gasteiger partial charge >= 0.3 is 0 Å². The average molecular weight is 328 g/mol. The van der Waals surface area contributed by atoms with E-state index in [0.717, 1.165) is 35.7 Å². The van der Waals surface area contributed by atoms with Crippen molar-refractivity contribution in [3.63, 3.8) is 0 Å². The van der Waals surface area contributed by atoms with Crippen LogP contribution in [0.2, 0.25) is 0 Å². The van der Waals surface area contributed by atoms with Crippen LogP contribution in [0, 0.1) is 13.8 Å². The Morgan fingerprint density at radius 2 is 2.00 bits per heavy atom. The molecule has 0 bridgehead atoms. The van der Waals surface area contributed by atoms with Gasteiger partial charge in [0.2, 0.25) is 5.91 Å². The third-order valence-electron chi connectivity index (χ3n) is 3.88. The quantitative estimate of drug-likeness (QED) is 0.819. The van der Waals surface area contributed by atoms with Crippen molar-refractivity contribution in [3.8, 4) is 0 Å². The number of benzene rings is 1. The molecule has 24 heavy (non-hydrogen) atoms. The predicted molar refractivity (Wildman–Crippen MR) is 96.2 cm³/mol. The van der Waals surface area contributed by atoms with E-state index in [2.05, 4.69) is 31.1 Å². The molecule has 0 fully saturated rings. The van der Waals surface area contributed by atoms with Gasteiger partial charge in [0.1, 0.15) is 5.76 Å². The van der Waals surface area contributed by atoms with Crippen molar-refractivity contribution in [2.24, 2.45) is 0 Å². The highest BCUT2D eigenvalue weighted by Crippen LogP contribution is 2.24. The van der Waals surface area contributed by atoms with E-state index in [1.165, 1.54) is 5.56 Å². The van der Waals surface area contributed by atoms with Crippen molar-refractivity contribution >= 4 is 5.91 Å². The number of aryl methyl sites for hydroxylation is 3. The Kier molecular flexibility index (Phi) is 5.81. The maximum Gasteiger partial charge on any atom is 0.224 e. The van der Waals surface area contributed by atoms with E-state index < -0.39 is 0 Å². The smallest absolute Gasteiger partial charge is 0.224 e. The molecule has 1 aromatic carbocycles. The number of rotatable bonds is 6. The second-order valence-corrected chi connectivity index (χ2v) is 7.40. The first kappa shape index (κ1) is 18.2. The Hall–Kier alpha value is -2.10. The summed E-state index contributed by atoms with van der Waals surface area (Å²) in [7, 11) is 0. The topological polar surface area (TPSA) is 55.1 Å². The fourth-order valence-electron chi connectivity index (χ4n) is 2.53. The minimum absolute atomic E-state index is 0.0604. The summed E-state index contributed by atoms with van der Waals surface area (Å²) in [5.41, 5.74) is 3.10. The third kappa shape index (κ3) is 5.22. The molecule has 1 N–H and O–H groups in total. The monoisotopic (exact) mass is 328 g/mol. The Morgan fingerprint density at radius 3 is 2.62 bits per heavy atom. The number of nitrogens with one attached hydrogen (secondary N) is 1. The molecule has 130 valence electrons. The highest BCUT2D eigenvalue weighted by molar-refractivity contribution is 5.78. The van der Waals surface area contributed by atoms with Gasteiger partial charge in [0.25, 0.3) is 0 Å². The van der Waals surface area contributed by atoms with Crippen LogP contribution in [0.1, 0.15) is 55.7 Å². The fourth-order valence-corrected chi connectivity index (χ4v) is 2.53. The van der Waals surface area contributed by atoms with Crippen LogP contribution >= 0.6 is 0 Å². The molecule has 1 aromatic heterocycles. The molecule has 0 radical (unpaired) electrons. The second kappa shape index (κ2) is 7.65. The number of hydrogen-bond donors (Lipinski definition) is 1. The molecular formula is C20H28N2O2. The molecule has 0 spiro atoms. The van der Waals surface area contributed by atoms with Gasteiger partial charge in [-0.05, 0) is 25.8 Å². The molecule has 4 nitrogen and oxygen atoms in total. The van der Waals surface area contributed by atoms with Gasteiger partial charge in [-0.2, -0.15) is 0 Å².